The Hall–Kier alpha value is -2.82. The van der Waals surface area contributed by atoms with E-state index in [2.05, 4.69) is 29.6 Å². The van der Waals surface area contributed by atoms with Gasteiger partial charge in [0.1, 0.15) is 6.61 Å². The van der Waals surface area contributed by atoms with Gasteiger partial charge in [0.25, 0.3) is 0 Å². The Balaban J connectivity index is 1.47. The summed E-state index contributed by atoms with van der Waals surface area (Å²) >= 11 is 6.05. The first-order chi connectivity index (χ1) is 13.2. The van der Waals surface area contributed by atoms with Gasteiger partial charge in [-0.3, -0.25) is 5.32 Å². The lowest BCUT2D eigenvalue weighted by Gasteiger charge is -2.15. The maximum atomic E-state index is 12.2. The van der Waals surface area contributed by atoms with Gasteiger partial charge >= 0.3 is 6.09 Å². The second kappa shape index (κ2) is 7.43. The third kappa shape index (κ3) is 3.42. The number of benzene rings is 3. The molecule has 1 amide bonds. The van der Waals surface area contributed by atoms with Gasteiger partial charge in [0.15, 0.2) is 0 Å². The fraction of sp³-hybridized carbons (Fsp3) is 0.136. The van der Waals surface area contributed by atoms with Crippen LogP contribution in [0.3, 0.4) is 0 Å². The largest absolute Gasteiger partial charge is 0.448 e. The number of hydrogen-bond acceptors (Lipinski definition) is 3. The lowest BCUT2D eigenvalue weighted by molar-refractivity contribution is 0.158. The molecular weight excluding hydrogens is 362 g/mol. The molecule has 0 bridgehead atoms. The van der Waals surface area contributed by atoms with Gasteiger partial charge < -0.3 is 9.84 Å². The summed E-state index contributed by atoms with van der Waals surface area (Å²) in [5.41, 5.74) is 5.84. The Bertz CT molecular complexity index is 957. The summed E-state index contributed by atoms with van der Waals surface area (Å²) in [6.45, 7) is 0.104. The van der Waals surface area contributed by atoms with Crippen molar-refractivity contribution in [1.82, 2.24) is 0 Å². The fourth-order valence-corrected chi connectivity index (χ4v) is 3.75. The third-order valence-electron chi connectivity index (χ3n) is 4.81. The molecule has 3 aromatic carbocycles. The molecule has 4 nitrogen and oxygen atoms in total. The number of ether oxygens (including phenoxy) is 1. The average molecular weight is 380 g/mol. The van der Waals surface area contributed by atoms with Crippen molar-refractivity contribution in [3.8, 4) is 11.1 Å². The quantitative estimate of drug-likeness (QED) is 0.655. The van der Waals surface area contributed by atoms with E-state index in [-0.39, 0.29) is 19.1 Å². The number of amides is 1. The highest BCUT2D eigenvalue weighted by molar-refractivity contribution is 6.31. The molecule has 1 aliphatic carbocycles. The van der Waals surface area contributed by atoms with Crippen LogP contribution in [0.4, 0.5) is 10.5 Å². The van der Waals surface area contributed by atoms with Crippen LogP contribution in [-0.2, 0) is 11.3 Å². The van der Waals surface area contributed by atoms with Crippen LogP contribution in [0.15, 0.2) is 66.7 Å². The van der Waals surface area contributed by atoms with E-state index in [1.165, 1.54) is 22.3 Å². The lowest BCUT2D eigenvalue weighted by Crippen LogP contribution is -2.17. The molecule has 27 heavy (non-hydrogen) atoms. The highest BCUT2D eigenvalue weighted by Gasteiger charge is 2.28. The zero-order chi connectivity index (χ0) is 18.8. The van der Waals surface area contributed by atoms with Crippen molar-refractivity contribution >= 4 is 23.4 Å². The minimum atomic E-state index is -0.537. The van der Waals surface area contributed by atoms with Crippen LogP contribution < -0.4 is 5.32 Å². The lowest BCUT2D eigenvalue weighted by atomic mass is 9.98. The molecule has 4 rings (SSSR count). The molecule has 0 unspecified atom stereocenters. The summed E-state index contributed by atoms with van der Waals surface area (Å²) in [5, 5.41) is 12.2. The van der Waals surface area contributed by atoms with Gasteiger partial charge in [0.05, 0.1) is 6.61 Å². The predicted octanol–water partition coefficient (Wildman–Crippen LogP) is 5.19. The first-order valence-electron chi connectivity index (χ1n) is 8.68. The summed E-state index contributed by atoms with van der Waals surface area (Å²) in [4.78, 5) is 12.2. The summed E-state index contributed by atoms with van der Waals surface area (Å²) < 4.78 is 5.50. The summed E-state index contributed by atoms with van der Waals surface area (Å²) in [6, 6.07) is 21.3. The molecule has 0 heterocycles. The van der Waals surface area contributed by atoms with Crippen LogP contribution in [0.2, 0.25) is 5.02 Å². The summed E-state index contributed by atoms with van der Waals surface area (Å²) in [7, 11) is 0. The van der Waals surface area contributed by atoms with E-state index in [1.54, 1.807) is 18.2 Å². The van der Waals surface area contributed by atoms with Gasteiger partial charge in [-0.2, -0.15) is 0 Å². The minimum absolute atomic E-state index is 0.0171. The normalized spacial score (nSPS) is 12.4. The SMILES string of the molecule is O=C(Nc1ccc(CO)c(Cl)c1)OCC1c2ccccc2-c2ccccc21. The summed E-state index contributed by atoms with van der Waals surface area (Å²) in [5.74, 6) is 0.0171. The highest BCUT2D eigenvalue weighted by Crippen LogP contribution is 2.44. The molecule has 0 saturated heterocycles. The van der Waals surface area contributed by atoms with E-state index in [1.807, 2.05) is 24.3 Å². The zero-order valence-electron chi connectivity index (χ0n) is 14.5. The van der Waals surface area contributed by atoms with Crippen LogP contribution in [0.25, 0.3) is 11.1 Å². The van der Waals surface area contributed by atoms with Crippen LogP contribution in [0, 0.1) is 0 Å². The molecule has 0 saturated carbocycles. The number of nitrogens with one attached hydrogen (secondary N) is 1. The second-order valence-electron chi connectivity index (χ2n) is 6.41. The van der Waals surface area contributed by atoms with Crippen LogP contribution in [0.5, 0.6) is 0 Å². The Morgan fingerprint density at radius 2 is 1.63 bits per heavy atom. The van der Waals surface area contributed by atoms with Gasteiger partial charge in [-0.15, -0.1) is 0 Å². The van der Waals surface area contributed by atoms with Crippen molar-refractivity contribution in [1.29, 1.82) is 0 Å². The van der Waals surface area contributed by atoms with E-state index in [0.717, 1.165) is 0 Å². The zero-order valence-corrected chi connectivity index (χ0v) is 15.2. The van der Waals surface area contributed by atoms with Gasteiger partial charge in [0.2, 0.25) is 0 Å². The molecule has 2 N–H and O–H groups in total. The van der Waals surface area contributed by atoms with Gasteiger partial charge in [0, 0.05) is 16.6 Å². The first-order valence-corrected chi connectivity index (χ1v) is 9.06. The number of anilines is 1. The van der Waals surface area contributed by atoms with Crippen LogP contribution in [0.1, 0.15) is 22.6 Å². The molecule has 0 aliphatic heterocycles. The maximum absolute atomic E-state index is 12.2. The molecule has 1 aliphatic rings. The van der Waals surface area contributed by atoms with E-state index >= 15 is 0 Å². The first kappa shape index (κ1) is 17.6. The Kier molecular flexibility index (Phi) is 4.84. The molecule has 0 spiro atoms. The molecule has 0 aromatic heterocycles. The second-order valence-corrected chi connectivity index (χ2v) is 6.82. The number of hydrogen-bond donors (Lipinski definition) is 2. The van der Waals surface area contributed by atoms with Gasteiger partial charge in [-0.1, -0.05) is 66.2 Å². The molecule has 3 aromatic rings. The number of aliphatic hydroxyl groups excluding tert-OH is 1. The number of carbonyl (C=O) groups excluding carboxylic acids is 1. The molecule has 5 heteroatoms. The number of aliphatic hydroxyl groups is 1. The number of halogens is 1. The molecular formula is C22H18ClNO3. The van der Waals surface area contributed by atoms with Gasteiger partial charge in [-0.25, -0.2) is 4.79 Å². The van der Waals surface area contributed by atoms with E-state index in [9.17, 15) is 4.79 Å². The summed E-state index contributed by atoms with van der Waals surface area (Å²) in [6.07, 6.45) is -0.537. The Morgan fingerprint density at radius 1 is 1.00 bits per heavy atom. The van der Waals surface area contributed by atoms with E-state index in [4.69, 9.17) is 21.4 Å². The Morgan fingerprint density at radius 3 is 2.22 bits per heavy atom. The van der Waals surface area contributed by atoms with Crippen molar-refractivity contribution in [3.05, 3.63) is 88.4 Å². The topological polar surface area (TPSA) is 58.6 Å². The van der Waals surface area contributed by atoms with Crippen molar-refractivity contribution in [2.75, 3.05) is 11.9 Å². The van der Waals surface area contributed by atoms with Crippen molar-refractivity contribution < 1.29 is 14.6 Å². The monoisotopic (exact) mass is 379 g/mol. The number of carbonyl (C=O) groups is 1. The number of rotatable bonds is 4. The Labute approximate surface area is 162 Å². The smallest absolute Gasteiger partial charge is 0.411 e. The maximum Gasteiger partial charge on any atom is 0.411 e. The van der Waals surface area contributed by atoms with Crippen molar-refractivity contribution in [2.24, 2.45) is 0 Å². The number of fused-ring (bicyclic) bond motifs is 3. The van der Waals surface area contributed by atoms with Crippen molar-refractivity contribution in [2.45, 2.75) is 12.5 Å². The van der Waals surface area contributed by atoms with Crippen LogP contribution >= 0.6 is 11.6 Å². The molecule has 136 valence electrons. The highest BCUT2D eigenvalue weighted by atomic mass is 35.5. The van der Waals surface area contributed by atoms with Crippen molar-refractivity contribution in [3.63, 3.8) is 0 Å². The molecule has 0 atom stereocenters. The van der Waals surface area contributed by atoms with E-state index in [0.29, 0.717) is 16.3 Å². The molecule has 0 fully saturated rings. The van der Waals surface area contributed by atoms with Crippen LogP contribution in [-0.4, -0.2) is 17.8 Å². The fourth-order valence-electron chi connectivity index (χ4n) is 3.51. The molecule has 0 radical (unpaired) electrons. The van der Waals surface area contributed by atoms with E-state index < -0.39 is 6.09 Å². The standard InChI is InChI=1S/C22H18ClNO3/c23-21-11-15(10-9-14(21)12-25)24-22(26)27-13-20-18-7-3-1-5-16(18)17-6-2-4-8-19(17)20/h1-11,20,25H,12-13H2,(H,24,26). The minimum Gasteiger partial charge on any atom is -0.448 e. The van der Waals surface area contributed by atoms with Gasteiger partial charge in [-0.05, 0) is 39.9 Å². The predicted molar refractivity (Wildman–Crippen MR) is 106 cm³/mol. The average Bonchev–Trinajstić information content (AvgIpc) is 3.00. The third-order valence-corrected chi connectivity index (χ3v) is 5.17.